The third kappa shape index (κ3) is 5.49. The fourth-order valence-electron chi connectivity index (χ4n) is 2.83. The van der Waals surface area contributed by atoms with Crippen LogP contribution in [0.3, 0.4) is 0 Å². The number of rotatable bonds is 7. The van der Waals surface area contributed by atoms with Crippen LogP contribution < -0.4 is 16.4 Å². The van der Waals surface area contributed by atoms with E-state index in [1.54, 1.807) is 6.92 Å². The van der Waals surface area contributed by atoms with Crippen molar-refractivity contribution in [2.75, 3.05) is 13.1 Å². The largest absolute Gasteiger partial charge is 0.354 e. The van der Waals surface area contributed by atoms with Gasteiger partial charge in [-0.25, -0.2) is 0 Å². The third-order valence-corrected chi connectivity index (χ3v) is 4.03. The van der Waals surface area contributed by atoms with Crippen LogP contribution in [0.1, 0.15) is 52.4 Å². The van der Waals surface area contributed by atoms with Gasteiger partial charge in [-0.3, -0.25) is 9.59 Å². The average molecular weight is 283 g/mol. The van der Waals surface area contributed by atoms with E-state index in [0.717, 1.165) is 32.1 Å². The molecule has 1 aliphatic rings. The first-order chi connectivity index (χ1) is 9.58. The molecule has 0 aromatic carbocycles. The van der Waals surface area contributed by atoms with Gasteiger partial charge in [0.1, 0.15) is 6.04 Å². The Balaban J connectivity index is 2.39. The van der Waals surface area contributed by atoms with E-state index in [1.165, 1.54) is 6.42 Å². The molecule has 0 bridgehead atoms. The van der Waals surface area contributed by atoms with Crippen LogP contribution in [0.25, 0.3) is 0 Å². The molecule has 3 unspecified atom stereocenters. The molecule has 0 aromatic rings. The first kappa shape index (κ1) is 17.0. The Morgan fingerprint density at radius 1 is 1.35 bits per heavy atom. The van der Waals surface area contributed by atoms with Gasteiger partial charge in [-0.15, -0.1) is 0 Å². The Labute approximate surface area is 122 Å². The van der Waals surface area contributed by atoms with Gasteiger partial charge in [-0.1, -0.05) is 19.8 Å². The molecule has 0 aromatic heterocycles. The third-order valence-electron chi connectivity index (χ3n) is 4.03. The lowest BCUT2D eigenvalue weighted by atomic mass is 9.79. The van der Waals surface area contributed by atoms with Crippen LogP contribution in [0, 0.1) is 11.8 Å². The summed E-state index contributed by atoms with van der Waals surface area (Å²) in [5, 5.41) is 5.64. The molecule has 5 heteroatoms. The van der Waals surface area contributed by atoms with E-state index in [2.05, 4.69) is 10.6 Å². The van der Waals surface area contributed by atoms with Crippen molar-refractivity contribution in [3.05, 3.63) is 0 Å². The normalized spacial score (nSPS) is 23.9. The highest BCUT2D eigenvalue weighted by atomic mass is 16.2. The lowest BCUT2D eigenvalue weighted by Crippen LogP contribution is -2.47. The zero-order valence-corrected chi connectivity index (χ0v) is 12.8. The second-order valence-electron chi connectivity index (χ2n) is 5.83. The molecule has 1 fully saturated rings. The average Bonchev–Trinajstić information content (AvgIpc) is 2.45. The maximum Gasteiger partial charge on any atom is 0.242 e. The van der Waals surface area contributed by atoms with E-state index in [4.69, 9.17) is 5.73 Å². The highest BCUT2D eigenvalue weighted by molar-refractivity contribution is 5.88. The Morgan fingerprint density at radius 2 is 2.10 bits per heavy atom. The summed E-state index contributed by atoms with van der Waals surface area (Å²) in [7, 11) is 0. The van der Waals surface area contributed by atoms with Crippen molar-refractivity contribution in [3.63, 3.8) is 0 Å². The van der Waals surface area contributed by atoms with E-state index >= 15 is 0 Å². The SMILES string of the molecule is CCCNC(=O)C(C)NC(=O)C1CCCC(CCN)C1. The molecular formula is C15H29N3O2. The summed E-state index contributed by atoms with van der Waals surface area (Å²) in [5.41, 5.74) is 5.59. The molecule has 1 saturated carbocycles. The fourth-order valence-corrected chi connectivity index (χ4v) is 2.83. The zero-order chi connectivity index (χ0) is 15.0. The highest BCUT2D eigenvalue weighted by Crippen LogP contribution is 2.30. The van der Waals surface area contributed by atoms with Crippen LogP contribution in [-0.4, -0.2) is 30.9 Å². The van der Waals surface area contributed by atoms with Crippen molar-refractivity contribution in [2.24, 2.45) is 17.6 Å². The van der Waals surface area contributed by atoms with Crippen molar-refractivity contribution in [1.82, 2.24) is 10.6 Å². The molecule has 20 heavy (non-hydrogen) atoms. The van der Waals surface area contributed by atoms with Gasteiger partial charge in [0.25, 0.3) is 0 Å². The number of nitrogens with one attached hydrogen (secondary N) is 2. The summed E-state index contributed by atoms with van der Waals surface area (Å²) < 4.78 is 0. The van der Waals surface area contributed by atoms with Crippen LogP contribution >= 0.6 is 0 Å². The quantitative estimate of drug-likeness (QED) is 0.656. The molecule has 2 amide bonds. The fraction of sp³-hybridized carbons (Fsp3) is 0.867. The van der Waals surface area contributed by atoms with E-state index in [9.17, 15) is 9.59 Å². The first-order valence-corrected chi connectivity index (χ1v) is 7.86. The maximum atomic E-state index is 12.2. The monoisotopic (exact) mass is 283 g/mol. The number of amides is 2. The summed E-state index contributed by atoms with van der Waals surface area (Å²) in [4.78, 5) is 24.0. The molecule has 3 atom stereocenters. The molecule has 116 valence electrons. The van der Waals surface area contributed by atoms with Gasteiger partial charge in [0.2, 0.25) is 11.8 Å². The number of carbonyl (C=O) groups is 2. The minimum atomic E-state index is -0.455. The van der Waals surface area contributed by atoms with E-state index < -0.39 is 6.04 Å². The summed E-state index contributed by atoms with van der Waals surface area (Å²) in [6.07, 6.45) is 5.99. The highest BCUT2D eigenvalue weighted by Gasteiger charge is 2.28. The van der Waals surface area contributed by atoms with Crippen LogP contribution in [0.5, 0.6) is 0 Å². The van der Waals surface area contributed by atoms with Crippen molar-refractivity contribution >= 4 is 11.8 Å². The Morgan fingerprint density at radius 3 is 2.75 bits per heavy atom. The molecule has 4 N–H and O–H groups in total. The summed E-state index contributed by atoms with van der Waals surface area (Å²) in [5.74, 6) is 0.524. The zero-order valence-electron chi connectivity index (χ0n) is 12.8. The van der Waals surface area contributed by atoms with Gasteiger partial charge in [0.15, 0.2) is 0 Å². The minimum absolute atomic E-state index is 0.0193. The molecule has 0 heterocycles. The summed E-state index contributed by atoms with van der Waals surface area (Å²) in [6.45, 7) is 5.09. The number of nitrogens with two attached hydrogens (primary N) is 1. The first-order valence-electron chi connectivity index (χ1n) is 7.86. The van der Waals surface area contributed by atoms with Crippen LogP contribution in [0.4, 0.5) is 0 Å². The van der Waals surface area contributed by atoms with Gasteiger partial charge in [-0.05, 0) is 45.1 Å². The molecule has 0 spiro atoms. The van der Waals surface area contributed by atoms with Gasteiger partial charge in [-0.2, -0.15) is 0 Å². The van der Waals surface area contributed by atoms with E-state index in [-0.39, 0.29) is 17.7 Å². The number of hydrogen-bond acceptors (Lipinski definition) is 3. The predicted molar refractivity (Wildman–Crippen MR) is 80.0 cm³/mol. The maximum absolute atomic E-state index is 12.2. The van der Waals surface area contributed by atoms with Gasteiger partial charge in [0, 0.05) is 12.5 Å². The van der Waals surface area contributed by atoms with E-state index in [1.807, 2.05) is 6.92 Å². The molecule has 0 aliphatic heterocycles. The van der Waals surface area contributed by atoms with Crippen molar-refractivity contribution < 1.29 is 9.59 Å². The number of carbonyl (C=O) groups excluding carboxylic acids is 2. The Hall–Kier alpha value is -1.10. The van der Waals surface area contributed by atoms with Crippen molar-refractivity contribution in [1.29, 1.82) is 0 Å². The standard InChI is InChI=1S/C15H29N3O2/c1-3-9-17-14(19)11(2)18-15(20)13-6-4-5-12(10-13)7-8-16/h11-13H,3-10,16H2,1-2H3,(H,17,19)(H,18,20). The van der Waals surface area contributed by atoms with Gasteiger partial charge in [0.05, 0.1) is 0 Å². The molecular weight excluding hydrogens is 254 g/mol. The predicted octanol–water partition coefficient (Wildman–Crippen LogP) is 1.17. The van der Waals surface area contributed by atoms with Crippen LogP contribution in [0.2, 0.25) is 0 Å². The van der Waals surface area contributed by atoms with Crippen molar-refractivity contribution in [2.45, 2.75) is 58.4 Å². The molecule has 0 saturated heterocycles. The van der Waals surface area contributed by atoms with Gasteiger partial charge < -0.3 is 16.4 Å². The van der Waals surface area contributed by atoms with Crippen molar-refractivity contribution in [3.8, 4) is 0 Å². The topological polar surface area (TPSA) is 84.2 Å². The number of hydrogen-bond donors (Lipinski definition) is 3. The minimum Gasteiger partial charge on any atom is -0.354 e. The second-order valence-corrected chi connectivity index (χ2v) is 5.83. The smallest absolute Gasteiger partial charge is 0.242 e. The molecule has 1 aliphatic carbocycles. The summed E-state index contributed by atoms with van der Waals surface area (Å²) in [6, 6.07) is -0.455. The van der Waals surface area contributed by atoms with E-state index in [0.29, 0.717) is 19.0 Å². The Kier molecular flexibility index (Phi) is 7.59. The van der Waals surface area contributed by atoms with Crippen LogP contribution in [0.15, 0.2) is 0 Å². The molecule has 5 nitrogen and oxygen atoms in total. The lowest BCUT2D eigenvalue weighted by Gasteiger charge is -2.29. The lowest BCUT2D eigenvalue weighted by molar-refractivity contribution is -0.131. The Bertz CT molecular complexity index is 318. The molecule has 0 radical (unpaired) electrons. The second kappa shape index (κ2) is 8.95. The van der Waals surface area contributed by atoms with Crippen LogP contribution in [-0.2, 0) is 9.59 Å². The molecule has 1 rings (SSSR count). The van der Waals surface area contributed by atoms with Gasteiger partial charge >= 0.3 is 0 Å². The summed E-state index contributed by atoms with van der Waals surface area (Å²) >= 11 is 0.